The van der Waals surface area contributed by atoms with E-state index < -0.39 is 11.9 Å². The molecule has 0 bridgehead atoms. The molecule has 0 radical (unpaired) electrons. The summed E-state index contributed by atoms with van der Waals surface area (Å²) in [4.78, 5) is 26.0. The maximum absolute atomic E-state index is 13.2. The molecule has 0 fully saturated rings. The zero-order valence-electron chi connectivity index (χ0n) is 16.2. The first kappa shape index (κ1) is 19.6. The Morgan fingerprint density at radius 2 is 1.83 bits per heavy atom. The van der Waals surface area contributed by atoms with Crippen molar-refractivity contribution < 1.29 is 14.3 Å². The van der Waals surface area contributed by atoms with Gasteiger partial charge in [-0.3, -0.25) is 4.79 Å². The predicted octanol–water partition coefficient (Wildman–Crippen LogP) is 5.16. The Hall–Kier alpha value is -2.66. The normalized spacial score (nSPS) is 19.0. The molecular weight excluding hydrogens is 430 g/mol. The number of Topliss-reactive ketones (excluding diaryl/α,β-unsaturated/α-hetero) is 1. The number of carbonyl (C=O) groups excluding carboxylic acids is 2. The van der Waals surface area contributed by atoms with Crippen molar-refractivity contribution in [2.75, 3.05) is 0 Å². The van der Waals surface area contributed by atoms with Crippen LogP contribution in [-0.4, -0.2) is 11.8 Å². The van der Waals surface area contributed by atoms with Crippen molar-refractivity contribution >= 4 is 27.7 Å². The minimum atomic E-state index is -0.407. The molecule has 29 heavy (non-hydrogen) atoms. The molecule has 0 spiro atoms. The van der Waals surface area contributed by atoms with Gasteiger partial charge in [-0.15, -0.1) is 0 Å². The van der Waals surface area contributed by atoms with Crippen LogP contribution in [0.5, 0.6) is 0 Å². The van der Waals surface area contributed by atoms with E-state index in [2.05, 4.69) is 21.2 Å². The third kappa shape index (κ3) is 4.06. The number of benzene rings is 2. The second kappa shape index (κ2) is 8.37. The summed E-state index contributed by atoms with van der Waals surface area (Å²) in [7, 11) is 0. The van der Waals surface area contributed by atoms with E-state index in [0.717, 1.165) is 39.8 Å². The van der Waals surface area contributed by atoms with Gasteiger partial charge in [-0.05, 0) is 43.0 Å². The smallest absolute Gasteiger partial charge is 0.337 e. The Morgan fingerprint density at radius 3 is 2.55 bits per heavy atom. The van der Waals surface area contributed by atoms with Gasteiger partial charge in [0.2, 0.25) is 0 Å². The summed E-state index contributed by atoms with van der Waals surface area (Å²) in [6.07, 6.45) is 2.16. The Balaban J connectivity index is 1.70. The van der Waals surface area contributed by atoms with Crippen LogP contribution < -0.4 is 5.32 Å². The fourth-order valence-corrected chi connectivity index (χ4v) is 4.31. The third-order valence-corrected chi connectivity index (χ3v) is 5.94. The van der Waals surface area contributed by atoms with Gasteiger partial charge in [0.15, 0.2) is 5.78 Å². The van der Waals surface area contributed by atoms with Gasteiger partial charge < -0.3 is 10.1 Å². The monoisotopic (exact) mass is 451 g/mol. The van der Waals surface area contributed by atoms with Gasteiger partial charge in [-0.2, -0.15) is 0 Å². The molecule has 0 aromatic heterocycles. The molecule has 0 unspecified atom stereocenters. The van der Waals surface area contributed by atoms with Crippen molar-refractivity contribution in [2.45, 2.75) is 38.7 Å². The number of allylic oxidation sites excluding steroid dienone is 3. The van der Waals surface area contributed by atoms with E-state index in [-0.39, 0.29) is 12.4 Å². The molecule has 1 aliphatic heterocycles. The predicted molar refractivity (Wildman–Crippen MR) is 115 cm³/mol. The molecule has 1 atom stereocenters. The summed E-state index contributed by atoms with van der Waals surface area (Å²) < 4.78 is 6.60. The van der Waals surface area contributed by atoms with E-state index in [1.54, 1.807) is 0 Å². The van der Waals surface area contributed by atoms with E-state index in [4.69, 9.17) is 4.74 Å². The fraction of sp³-hybridized carbons (Fsp3) is 0.250. The summed E-state index contributed by atoms with van der Waals surface area (Å²) in [5.41, 5.74) is 4.75. The van der Waals surface area contributed by atoms with E-state index in [1.165, 1.54) is 0 Å². The molecule has 0 amide bonds. The highest BCUT2D eigenvalue weighted by molar-refractivity contribution is 9.10. The molecule has 0 saturated carbocycles. The van der Waals surface area contributed by atoms with E-state index >= 15 is 0 Å². The molecule has 2 aromatic carbocycles. The van der Waals surface area contributed by atoms with Gasteiger partial charge in [-0.25, -0.2) is 4.79 Å². The lowest BCUT2D eigenvalue weighted by atomic mass is 9.75. The quantitative estimate of drug-likeness (QED) is 0.652. The molecule has 2 aromatic rings. The van der Waals surface area contributed by atoms with E-state index in [0.29, 0.717) is 17.6 Å². The minimum absolute atomic E-state index is 0.104. The molecule has 1 heterocycles. The first-order chi connectivity index (χ1) is 14.0. The van der Waals surface area contributed by atoms with Crippen molar-refractivity contribution in [3.05, 3.63) is 92.7 Å². The lowest BCUT2D eigenvalue weighted by Crippen LogP contribution is -2.34. The average Bonchev–Trinajstić information content (AvgIpc) is 2.72. The Morgan fingerprint density at radius 1 is 1.10 bits per heavy atom. The number of ketones is 1. The number of halogens is 1. The fourth-order valence-electron chi connectivity index (χ4n) is 4.04. The summed E-state index contributed by atoms with van der Waals surface area (Å²) in [5.74, 6) is -0.695. The number of nitrogens with one attached hydrogen (secondary N) is 1. The maximum Gasteiger partial charge on any atom is 0.337 e. The van der Waals surface area contributed by atoms with Crippen LogP contribution in [0.4, 0.5) is 0 Å². The number of ether oxygens (including phenoxy) is 1. The number of hydrogen-bond donors (Lipinski definition) is 1. The number of esters is 1. The second-order valence-electron chi connectivity index (χ2n) is 7.38. The number of hydrogen-bond acceptors (Lipinski definition) is 4. The van der Waals surface area contributed by atoms with E-state index in [9.17, 15) is 9.59 Å². The summed E-state index contributed by atoms with van der Waals surface area (Å²) in [6.45, 7) is 2.08. The minimum Gasteiger partial charge on any atom is -0.457 e. The molecule has 1 aliphatic carbocycles. The topological polar surface area (TPSA) is 55.4 Å². The molecule has 148 valence electrons. The summed E-state index contributed by atoms with van der Waals surface area (Å²) in [5, 5.41) is 3.32. The molecule has 5 heteroatoms. The Bertz CT molecular complexity index is 1010. The maximum atomic E-state index is 13.2. The lowest BCUT2D eigenvalue weighted by molar-refractivity contribution is -0.140. The Labute approximate surface area is 178 Å². The zero-order chi connectivity index (χ0) is 20.4. The van der Waals surface area contributed by atoms with Gasteiger partial charge in [0.25, 0.3) is 0 Å². The largest absolute Gasteiger partial charge is 0.457 e. The first-order valence-electron chi connectivity index (χ1n) is 9.75. The van der Waals surface area contributed by atoms with Crippen molar-refractivity contribution in [1.82, 2.24) is 5.32 Å². The average molecular weight is 452 g/mol. The summed E-state index contributed by atoms with van der Waals surface area (Å²) >= 11 is 3.46. The lowest BCUT2D eigenvalue weighted by Gasteiger charge is -2.34. The third-order valence-electron chi connectivity index (χ3n) is 5.41. The van der Waals surface area contributed by atoms with Crippen LogP contribution in [-0.2, 0) is 20.9 Å². The van der Waals surface area contributed by atoms with Crippen molar-refractivity contribution in [3.63, 3.8) is 0 Å². The van der Waals surface area contributed by atoms with Gasteiger partial charge in [0, 0.05) is 33.8 Å². The van der Waals surface area contributed by atoms with Crippen LogP contribution in [0, 0.1) is 0 Å². The van der Waals surface area contributed by atoms with Crippen molar-refractivity contribution in [1.29, 1.82) is 0 Å². The van der Waals surface area contributed by atoms with Gasteiger partial charge in [0.1, 0.15) is 6.61 Å². The number of carbonyl (C=O) groups is 2. The van der Waals surface area contributed by atoms with Crippen LogP contribution >= 0.6 is 15.9 Å². The van der Waals surface area contributed by atoms with Crippen molar-refractivity contribution in [2.24, 2.45) is 0 Å². The number of dihydropyridines is 1. The van der Waals surface area contributed by atoms with Crippen molar-refractivity contribution in [3.8, 4) is 0 Å². The highest BCUT2D eigenvalue weighted by Crippen LogP contribution is 2.42. The SMILES string of the molecule is CC1=C(C(=O)OCc2ccccc2)[C@@H](c2ccc(Br)cc2)C2=C(CCCC2=O)N1. The highest BCUT2D eigenvalue weighted by atomic mass is 79.9. The molecule has 1 N–H and O–H groups in total. The molecule has 2 aliphatic rings. The number of rotatable bonds is 4. The molecular formula is C24H22BrNO3. The van der Waals surface area contributed by atoms with Crippen LogP contribution in [0.3, 0.4) is 0 Å². The first-order valence-corrected chi connectivity index (χ1v) is 10.5. The Kier molecular flexibility index (Phi) is 5.67. The van der Waals surface area contributed by atoms with Crippen LogP contribution in [0.25, 0.3) is 0 Å². The van der Waals surface area contributed by atoms with Gasteiger partial charge >= 0.3 is 5.97 Å². The standard InChI is InChI=1S/C24H22BrNO3/c1-15-21(24(28)29-14-16-6-3-2-4-7-16)22(17-10-12-18(25)13-11-17)23-19(26-15)8-5-9-20(23)27/h2-4,6-7,10-13,22,26H,5,8-9,14H2,1H3/t22-/m1/s1. The molecule has 4 rings (SSSR count). The van der Waals surface area contributed by atoms with Gasteiger partial charge in [0.05, 0.1) is 5.57 Å². The molecule has 4 nitrogen and oxygen atoms in total. The van der Waals surface area contributed by atoms with Gasteiger partial charge in [-0.1, -0.05) is 58.4 Å². The zero-order valence-corrected chi connectivity index (χ0v) is 17.8. The van der Waals surface area contributed by atoms with E-state index in [1.807, 2.05) is 61.5 Å². The highest BCUT2D eigenvalue weighted by Gasteiger charge is 2.39. The van der Waals surface area contributed by atoms with Crippen LogP contribution in [0.2, 0.25) is 0 Å². The second-order valence-corrected chi connectivity index (χ2v) is 8.29. The van der Waals surface area contributed by atoms with Crippen LogP contribution in [0.1, 0.15) is 43.2 Å². The molecule has 0 saturated heterocycles. The van der Waals surface area contributed by atoms with Crippen LogP contribution in [0.15, 0.2) is 81.6 Å². The summed E-state index contributed by atoms with van der Waals surface area (Å²) in [6, 6.07) is 17.4.